The highest BCUT2D eigenvalue weighted by atomic mass is 32.2. The minimum absolute atomic E-state index is 0.0843. The molecule has 0 saturated heterocycles. The van der Waals surface area contributed by atoms with Gasteiger partial charge in [0.1, 0.15) is 5.54 Å². The van der Waals surface area contributed by atoms with Gasteiger partial charge in [0, 0.05) is 11.3 Å². The van der Waals surface area contributed by atoms with Crippen molar-refractivity contribution >= 4 is 17.9 Å². The number of carbonyl (C=O) groups excluding carboxylic acids is 1. The molecule has 0 aromatic heterocycles. The molecule has 0 heterocycles. The van der Waals surface area contributed by atoms with Crippen LogP contribution in [0.2, 0.25) is 0 Å². The summed E-state index contributed by atoms with van der Waals surface area (Å²) in [5.74, 6) is 1.03. The molecule has 1 saturated carbocycles. The predicted octanol–water partition coefficient (Wildman–Crippen LogP) is 5.94. The first kappa shape index (κ1) is 28.0. The van der Waals surface area contributed by atoms with E-state index in [0.29, 0.717) is 11.8 Å². The Morgan fingerprint density at radius 1 is 1.23 bits per heavy atom. The van der Waals surface area contributed by atoms with Crippen LogP contribution in [0, 0.1) is 11.8 Å². The lowest BCUT2D eigenvalue weighted by Crippen LogP contribution is -2.55. The highest BCUT2D eigenvalue weighted by Gasteiger charge is 2.36. The molecule has 1 rings (SSSR count). The lowest BCUT2D eigenvalue weighted by Gasteiger charge is -2.33. The van der Waals surface area contributed by atoms with Crippen molar-refractivity contribution in [3.63, 3.8) is 0 Å². The van der Waals surface area contributed by atoms with Crippen molar-refractivity contribution in [1.29, 1.82) is 0 Å². The molecule has 31 heavy (non-hydrogen) atoms. The summed E-state index contributed by atoms with van der Waals surface area (Å²) in [4.78, 5) is 13.2. The van der Waals surface area contributed by atoms with Crippen LogP contribution in [0.1, 0.15) is 86.5 Å². The average molecular weight is 451 g/mol. The van der Waals surface area contributed by atoms with Crippen LogP contribution in [-0.2, 0) is 4.79 Å². The fourth-order valence-electron chi connectivity index (χ4n) is 4.12. The molecule has 0 spiro atoms. The Morgan fingerprint density at radius 2 is 1.94 bits per heavy atom. The summed E-state index contributed by atoms with van der Waals surface area (Å²) in [5, 5.41) is 14.1. The third kappa shape index (κ3) is 9.97. The van der Waals surface area contributed by atoms with Gasteiger partial charge in [0.25, 0.3) is 0 Å². The molecule has 1 aliphatic rings. The Morgan fingerprint density at radius 3 is 2.55 bits per heavy atom. The van der Waals surface area contributed by atoms with Crippen molar-refractivity contribution in [3.8, 4) is 0 Å². The maximum atomic E-state index is 13.2. The Hall–Kier alpha value is -1.04. The molecule has 0 aromatic carbocycles. The predicted molar refractivity (Wildman–Crippen MR) is 136 cm³/mol. The topological polar surface area (TPSA) is 61.4 Å². The van der Waals surface area contributed by atoms with E-state index < -0.39 is 11.1 Å². The zero-order chi connectivity index (χ0) is 23.5. The number of nitrogens with one attached hydrogen (secondary N) is 2. The molecule has 0 aromatic rings. The van der Waals surface area contributed by atoms with E-state index >= 15 is 0 Å². The maximum Gasteiger partial charge on any atom is 0.241 e. The average Bonchev–Trinajstić information content (AvgIpc) is 2.89. The first-order chi connectivity index (χ1) is 14.6. The van der Waals surface area contributed by atoms with Gasteiger partial charge in [-0.2, -0.15) is 0 Å². The van der Waals surface area contributed by atoms with Gasteiger partial charge in [0.05, 0.1) is 5.60 Å². The van der Waals surface area contributed by atoms with Gasteiger partial charge in [0.15, 0.2) is 0 Å². The lowest BCUT2D eigenvalue weighted by molar-refractivity contribution is -0.127. The van der Waals surface area contributed by atoms with Gasteiger partial charge in [-0.1, -0.05) is 82.5 Å². The fraction of sp³-hybridized carbons (Fsp3) is 0.731. The van der Waals surface area contributed by atoms with Crippen LogP contribution in [0.4, 0.5) is 0 Å². The van der Waals surface area contributed by atoms with Crippen LogP contribution in [0.5, 0.6) is 0 Å². The van der Waals surface area contributed by atoms with Crippen LogP contribution < -0.4 is 10.0 Å². The van der Waals surface area contributed by atoms with Crippen LogP contribution in [0.3, 0.4) is 0 Å². The second kappa shape index (κ2) is 13.5. The van der Waals surface area contributed by atoms with Crippen molar-refractivity contribution in [1.82, 2.24) is 10.0 Å². The molecule has 0 aliphatic heterocycles. The molecule has 6 atom stereocenters. The summed E-state index contributed by atoms with van der Waals surface area (Å²) in [6.45, 7) is 16.1. The summed E-state index contributed by atoms with van der Waals surface area (Å²) in [6, 6.07) is 0.197. The molecule has 4 nitrogen and oxygen atoms in total. The second-order valence-corrected chi connectivity index (χ2v) is 10.9. The Balaban J connectivity index is 2.66. The third-order valence-corrected chi connectivity index (χ3v) is 7.84. The minimum Gasteiger partial charge on any atom is -0.390 e. The lowest BCUT2D eigenvalue weighted by atomic mass is 9.83. The van der Waals surface area contributed by atoms with Crippen molar-refractivity contribution in [2.45, 2.75) is 109 Å². The van der Waals surface area contributed by atoms with E-state index in [-0.39, 0.29) is 17.2 Å². The summed E-state index contributed by atoms with van der Waals surface area (Å²) in [7, 11) is 0. The molecular weight excluding hydrogens is 404 g/mol. The van der Waals surface area contributed by atoms with E-state index in [1.807, 2.05) is 39.0 Å². The SMILES string of the molecule is C=C/C=C\C=C/C(C)SNC(C)(CC)C(=O)NC1CCCC(CC(C)(O)CC)CC1C. The normalized spacial score (nSPS) is 27.4. The number of hydrogen-bond acceptors (Lipinski definition) is 4. The second-order valence-electron chi connectivity index (χ2n) is 9.76. The largest absolute Gasteiger partial charge is 0.390 e. The summed E-state index contributed by atoms with van der Waals surface area (Å²) < 4.78 is 3.43. The van der Waals surface area contributed by atoms with E-state index in [1.165, 1.54) is 0 Å². The van der Waals surface area contributed by atoms with Gasteiger partial charge in [-0.3, -0.25) is 4.79 Å². The molecule has 3 N–H and O–H groups in total. The monoisotopic (exact) mass is 450 g/mol. The molecule has 6 unspecified atom stereocenters. The molecule has 1 fully saturated rings. The highest BCUT2D eigenvalue weighted by molar-refractivity contribution is 7.98. The van der Waals surface area contributed by atoms with E-state index in [2.05, 4.69) is 43.5 Å². The van der Waals surface area contributed by atoms with E-state index in [0.717, 1.165) is 44.9 Å². The van der Waals surface area contributed by atoms with E-state index in [4.69, 9.17) is 0 Å². The quantitative estimate of drug-likeness (QED) is 0.196. The highest BCUT2D eigenvalue weighted by Crippen LogP contribution is 2.34. The smallest absolute Gasteiger partial charge is 0.241 e. The fourth-order valence-corrected chi connectivity index (χ4v) is 4.97. The maximum absolute atomic E-state index is 13.2. The van der Waals surface area contributed by atoms with E-state index in [1.54, 1.807) is 18.0 Å². The molecular formula is C26H46N2O2S. The van der Waals surface area contributed by atoms with Gasteiger partial charge in [0.2, 0.25) is 5.91 Å². The van der Waals surface area contributed by atoms with Crippen molar-refractivity contribution < 1.29 is 9.90 Å². The number of allylic oxidation sites excluding steroid dienone is 4. The summed E-state index contributed by atoms with van der Waals surface area (Å²) in [6.07, 6.45) is 16.4. The molecule has 0 radical (unpaired) electrons. The van der Waals surface area contributed by atoms with Gasteiger partial charge >= 0.3 is 0 Å². The van der Waals surface area contributed by atoms with Gasteiger partial charge in [-0.05, 0) is 64.7 Å². The van der Waals surface area contributed by atoms with Crippen molar-refractivity contribution in [3.05, 3.63) is 37.0 Å². The number of hydrogen-bond donors (Lipinski definition) is 3. The summed E-state index contributed by atoms with van der Waals surface area (Å²) >= 11 is 1.59. The molecule has 0 bridgehead atoms. The van der Waals surface area contributed by atoms with Crippen molar-refractivity contribution in [2.75, 3.05) is 0 Å². The minimum atomic E-state index is -0.610. The Kier molecular flexibility index (Phi) is 12.2. The molecule has 5 heteroatoms. The molecule has 1 aliphatic carbocycles. The van der Waals surface area contributed by atoms with Gasteiger partial charge < -0.3 is 10.4 Å². The Bertz CT molecular complexity index is 617. The number of amides is 1. The first-order valence-corrected chi connectivity index (χ1v) is 12.9. The van der Waals surface area contributed by atoms with E-state index in [9.17, 15) is 9.90 Å². The van der Waals surface area contributed by atoms with Gasteiger partial charge in [-0.25, -0.2) is 4.72 Å². The van der Waals surface area contributed by atoms with Crippen LogP contribution in [0.25, 0.3) is 0 Å². The van der Waals surface area contributed by atoms with Crippen LogP contribution >= 0.6 is 11.9 Å². The van der Waals surface area contributed by atoms with Crippen LogP contribution in [-0.4, -0.2) is 33.4 Å². The Labute approximate surface area is 195 Å². The summed E-state index contributed by atoms with van der Waals surface area (Å²) in [5.41, 5.74) is -1.19. The zero-order valence-corrected chi connectivity index (χ0v) is 21.4. The number of aliphatic hydroxyl groups is 1. The molecule has 178 valence electrons. The number of carbonyl (C=O) groups is 1. The third-order valence-electron chi connectivity index (χ3n) is 6.74. The van der Waals surface area contributed by atoms with Crippen LogP contribution in [0.15, 0.2) is 37.0 Å². The zero-order valence-electron chi connectivity index (χ0n) is 20.6. The first-order valence-electron chi connectivity index (χ1n) is 12.0. The molecule has 1 amide bonds. The number of rotatable bonds is 12. The standard InChI is InChI=1S/C26H46N2O2S/c1-8-11-12-13-15-21(5)31-28-26(7,10-3)24(29)27-23-17-14-16-22(18-20(23)4)19-25(6,30)9-2/h8,11-13,15,20-23,28,30H,1,9-10,14,16-19H2,2-7H3,(H,27,29)/b12-11-,15-13-. The van der Waals surface area contributed by atoms with Gasteiger partial charge in [-0.15, -0.1) is 0 Å². The van der Waals surface area contributed by atoms with Crippen molar-refractivity contribution in [2.24, 2.45) is 11.8 Å².